The second-order valence-corrected chi connectivity index (χ2v) is 26.4. The van der Waals surface area contributed by atoms with Crippen molar-refractivity contribution in [2.24, 2.45) is 0 Å². The molecule has 2 bridgehead atoms. The van der Waals surface area contributed by atoms with Crippen molar-refractivity contribution < 1.29 is 28.8 Å². The number of nitrogens with one attached hydrogen (secondary N) is 4. The third kappa shape index (κ3) is 12.5. The Balaban J connectivity index is 0.000000119. The van der Waals surface area contributed by atoms with Crippen molar-refractivity contribution >= 4 is 84.1 Å². The number of nitrogens with two attached hydrogens (primary N) is 1. The number of aromatic nitrogens is 15. The number of benzene rings is 3. The normalized spacial score (nSPS) is 19.1. The van der Waals surface area contributed by atoms with Gasteiger partial charge in [-0.2, -0.15) is 15.3 Å². The zero-order valence-corrected chi connectivity index (χ0v) is 55.1. The Morgan fingerprint density at radius 3 is 2.09 bits per heavy atom. The van der Waals surface area contributed by atoms with E-state index < -0.39 is 5.79 Å². The number of pyridine rings is 1. The van der Waals surface area contributed by atoms with Crippen molar-refractivity contribution in [3.8, 4) is 39.9 Å². The van der Waals surface area contributed by atoms with Crippen molar-refractivity contribution in [3.63, 3.8) is 0 Å². The van der Waals surface area contributed by atoms with Gasteiger partial charge in [0.15, 0.2) is 34.4 Å². The smallest absolute Gasteiger partial charge is 0.318 e. The predicted molar refractivity (Wildman–Crippen MR) is 374 cm³/mol. The lowest BCUT2D eigenvalue weighted by atomic mass is 9.90. The van der Waals surface area contributed by atoms with E-state index >= 15 is 0 Å². The van der Waals surface area contributed by atoms with Gasteiger partial charge in [-0.15, -0.1) is 0 Å². The highest BCUT2D eigenvalue weighted by molar-refractivity contribution is 6.00. The largest absolute Gasteiger partial charge is 0.508 e. The molecule has 18 rings (SSSR count). The van der Waals surface area contributed by atoms with Crippen LogP contribution < -0.4 is 26.2 Å². The highest BCUT2D eigenvalue weighted by atomic mass is 16.7. The van der Waals surface area contributed by atoms with Crippen LogP contribution in [0, 0.1) is 0 Å². The highest BCUT2D eigenvalue weighted by Gasteiger charge is 2.42. The Morgan fingerprint density at radius 1 is 0.714 bits per heavy atom. The fourth-order valence-corrected chi connectivity index (χ4v) is 14.7. The summed E-state index contributed by atoms with van der Waals surface area (Å²) >= 11 is 0. The summed E-state index contributed by atoms with van der Waals surface area (Å²) in [6.07, 6.45) is 19.4. The second-order valence-electron chi connectivity index (χ2n) is 26.4. The molecule has 5 saturated heterocycles. The number of ether oxygens (including phenoxy) is 4. The van der Waals surface area contributed by atoms with Crippen LogP contribution in [0.5, 0.6) is 5.75 Å². The van der Waals surface area contributed by atoms with Crippen molar-refractivity contribution in [2.75, 3.05) is 93.6 Å². The number of carbonyl (C=O) groups is 1. The minimum Gasteiger partial charge on any atom is -0.508 e. The quantitative estimate of drug-likeness (QED) is 0.0701. The van der Waals surface area contributed by atoms with Crippen LogP contribution in [0.1, 0.15) is 88.9 Å². The first kappa shape index (κ1) is 62.6. The van der Waals surface area contributed by atoms with Crippen LogP contribution in [0.4, 0.5) is 27.9 Å². The maximum absolute atomic E-state index is 11.7. The van der Waals surface area contributed by atoms with Crippen molar-refractivity contribution in [2.45, 2.75) is 108 Å². The third-order valence-electron chi connectivity index (χ3n) is 19.7. The van der Waals surface area contributed by atoms with Gasteiger partial charge in [-0.05, 0) is 137 Å². The maximum atomic E-state index is 11.7. The van der Waals surface area contributed by atoms with Crippen LogP contribution in [-0.2, 0) is 25.5 Å². The van der Waals surface area contributed by atoms with Crippen molar-refractivity contribution in [1.82, 2.24) is 84.4 Å². The van der Waals surface area contributed by atoms with Crippen LogP contribution in [0.2, 0.25) is 0 Å². The van der Waals surface area contributed by atoms with Gasteiger partial charge in [0.05, 0.1) is 85.0 Å². The summed E-state index contributed by atoms with van der Waals surface area (Å²) in [5, 5.41) is 34.2. The van der Waals surface area contributed by atoms with Crippen LogP contribution in [0.15, 0.2) is 122 Å². The number of nitrogen functional groups attached to an aromatic ring is 1. The fourth-order valence-electron chi connectivity index (χ4n) is 14.7. The average Bonchev–Trinajstić information content (AvgIpc) is 1.60. The van der Waals surface area contributed by atoms with E-state index in [1.807, 2.05) is 92.0 Å². The number of hydrogen-bond donors (Lipinski definition) is 6. The second kappa shape index (κ2) is 26.7. The Kier molecular flexibility index (Phi) is 17.0. The Morgan fingerprint density at radius 2 is 1.40 bits per heavy atom. The van der Waals surface area contributed by atoms with E-state index in [0.29, 0.717) is 61.1 Å². The number of likely N-dealkylation sites (tertiary alicyclic amines) is 1. The number of aromatic hydroxyl groups is 1. The summed E-state index contributed by atoms with van der Waals surface area (Å²) in [7, 11) is 1.59. The van der Waals surface area contributed by atoms with Gasteiger partial charge >= 0.3 is 6.03 Å². The van der Waals surface area contributed by atoms with Gasteiger partial charge in [-0.25, -0.2) is 48.7 Å². The Labute approximate surface area is 564 Å². The van der Waals surface area contributed by atoms with Crippen molar-refractivity contribution in [3.05, 3.63) is 128 Å². The number of phenols is 1. The SMILES string of the molecule is CC(C)n1nc(-c2cc3cc(O)ccc3[nH]2)c2c(N)ncnc21.CNC(=O)Nc1ccc(-c2nc(N3CC4CCC(C3)O4)c3cnn(C4CCC5(CC4)OCCO5)c3n2)cc1.c1cncc(CN2CCC(n3ncc4c(N5CCOCC5)nc(-c5ccc6[nH]ccc6c5)nc43)CC2)c1. The Bertz CT molecular complexity index is 4810. The van der Waals surface area contributed by atoms with E-state index in [0.717, 1.165) is 181 Å². The predicted octanol–water partition coefficient (Wildman–Crippen LogP) is 10.4. The zero-order valence-electron chi connectivity index (χ0n) is 55.1. The molecule has 98 heavy (non-hydrogen) atoms. The average molecular weight is 1320 g/mol. The topological polar surface area (TPSA) is 309 Å². The summed E-state index contributed by atoms with van der Waals surface area (Å²) in [6.45, 7) is 13.1. The lowest BCUT2D eigenvalue weighted by molar-refractivity contribution is -0.181. The molecule has 27 nitrogen and oxygen atoms in total. The molecule has 1 spiro atoms. The van der Waals surface area contributed by atoms with E-state index in [4.69, 9.17) is 54.8 Å². The fraction of sp³-hybridized carbons (Fsp3) is 0.394. The molecule has 3 aromatic carbocycles. The molecule has 1 saturated carbocycles. The van der Waals surface area contributed by atoms with E-state index in [-0.39, 0.29) is 36.1 Å². The molecule has 1 aliphatic carbocycles. The van der Waals surface area contributed by atoms with Crippen LogP contribution >= 0.6 is 0 Å². The number of fused-ring (bicyclic) bond motifs is 7. The lowest BCUT2D eigenvalue weighted by Crippen LogP contribution is -2.43. The summed E-state index contributed by atoms with van der Waals surface area (Å²) in [5.74, 6) is 3.47. The first-order valence-electron chi connectivity index (χ1n) is 34.1. The molecule has 0 radical (unpaired) electrons. The number of phenolic OH excluding ortho intramolecular Hbond substituents is 1. The lowest BCUT2D eigenvalue weighted by Gasteiger charge is -2.35. The molecule has 2 amide bonds. The third-order valence-corrected chi connectivity index (χ3v) is 19.7. The number of nitrogens with zero attached hydrogens (tertiary/aromatic N) is 16. The molecule has 2 atom stereocenters. The van der Waals surface area contributed by atoms with Crippen LogP contribution in [-0.4, -0.2) is 181 Å². The van der Waals surface area contributed by atoms with Gasteiger partial charge in [0.2, 0.25) is 0 Å². The summed E-state index contributed by atoms with van der Waals surface area (Å²) in [6, 6.07) is 27.8. The molecule has 6 aliphatic rings. The van der Waals surface area contributed by atoms with Gasteiger partial charge in [0, 0.05) is 129 Å². The molecule has 14 heterocycles. The van der Waals surface area contributed by atoms with Crippen LogP contribution in [0.3, 0.4) is 0 Å². The molecule has 27 heteroatoms. The highest BCUT2D eigenvalue weighted by Crippen LogP contribution is 2.43. The standard InChI is InChI=1S/C28H30N8O.C27H33N7O4.C16H16N6O/c1-2-20(17-29-8-1)19-34-10-6-23(7-11-34)36-28-24(18-31-36)27(35-12-14-37-15-13-35)32-26(33-28)22-3-4-25-21(16-22)5-9-30-25;1-28-26(35)30-18-4-2-17(3-5-18)23-31-24(33-15-20-6-7-21(16-33)38-20)22-14-29-34(25(22)32-23)19-8-10-27(11-9-19)36-12-13-37-27;1-8(2)22-16-13(15(17)18-7-19-16)14(21-22)12-6-9-5-10(23)3-4-11(9)20-12/h1-5,8-9,16-18,23,30H,6-7,10-15,19H2;2-5,14,19-21H,6-13,15-16H2,1H3,(H2,28,30,35);3-8,20,23H,1-2H3,(H2,17,18,19). The van der Waals surface area contributed by atoms with E-state index in [9.17, 15) is 9.90 Å². The first-order chi connectivity index (χ1) is 47.9. The van der Waals surface area contributed by atoms with E-state index in [2.05, 4.69) is 95.0 Å². The van der Waals surface area contributed by atoms with Gasteiger partial charge in [0.25, 0.3) is 0 Å². The van der Waals surface area contributed by atoms with Crippen LogP contribution in [0.25, 0.3) is 89.1 Å². The zero-order chi connectivity index (χ0) is 66.4. The number of urea groups is 1. The summed E-state index contributed by atoms with van der Waals surface area (Å²) in [5.41, 5.74) is 16.0. The first-order valence-corrected chi connectivity index (χ1v) is 34.1. The number of piperidine rings is 1. The van der Waals surface area contributed by atoms with Gasteiger partial charge < -0.3 is 60.2 Å². The number of aromatic amines is 2. The number of amides is 2. The molecule has 7 N–H and O–H groups in total. The van der Waals surface area contributed by atoms with E-state index in [1.54, 1.807) is 19.2 Å². The van der Waals surface area contributed by atoms with Gasteiger partial charge in [-0.1, -0.05) is 6.07 Å². The molecule has 504 valence electrons. The minimum absolute atomic E-state index is 0.147. The minimum atomic E-state index is -0.414. The molecule has 5 aliphatic heterocycles. The maximum Gasteiger partial charge on any atom is 0.318 e. The molecule has 2 unspecified atom stereocenters. The molecule has 12 aromatic rings. The number of morpholine rings is 2. The number of rotatable bonds is 11. The number of hydrogen-bond acceptors (Lipinski definition) is 20. The molecular weight excluding hydrogens is 1240 g/mol. The number of anilines is 4. The molecular formula is C71H79N21O6. The van der Waals surface area contributed by atoms with Gasteiger partial charge in [-0.3, -0.25) is 9.88 Å². The summed E-state index contributed by atoms with van der Waals surface area (Å²) in [4.78, 5) is 58.5. The van der Waals surface area contributed by atoms with E-state index in [1.165, 1.54) is 11.9 Å². The molecule has 6 fully saturated rings. The number of carbonyl (C=O) groups excluding carboxylic acids is 1. The molecule has 9 aromatic heterocycles. The number of H-pyrrole nitrogens is 2. The monoisotopic (exact) mass is 1320 g/mol. The summed E-state index contributed by atoms with van der Waals surface area (Å²) < 4.78 is 29.7. The Hall–Kier alpha value is -10.2. The van der Waals surface area contributed by atoms with Gasteiger partial charge in [0.1, 0.15) is 35.2 Å². The van der Waals surface area contributed by atoms with Crippen molar-refractivity contribution in [1.29, 1.82) is 0 Å².